The summed E-state index contributed by atoms with van der Waals surface area (Å²) in [5.74, 6) is -0.834. The van der Waals surface area contributed by atoms with Crippen LogP contribution >= 0.6 is 0 Å². The van der Waals surface area contributed by atoms with Gasteiger partial charge in [-0.15, -0.1) is 0 Å². The van der Waals surface area contributed by atoms with Crippen molar-refractivity contribution in [3.63, 3.8) is 0 Å². The first kappa shape index (κ1) is 10.9. The minimum absolute atomic E-state index is 0.242. The van der Waals surface area contributed by atoms with E-state index in [0.717, 1.165) is 0 Å². The number of rotatable bonds is 4. The van der Waals surface area contributed by atoms with Crippen molar-refractivity contribution in [1.82, 2.24) is 0 Å². The van der Waals surface area contributed by atoms with Crippen molar-refractivity contribution in [3.05, 3.63) is 0 Å². The summed E-state index contributed by atoms with van der Waals surface area (Å²) < 4.78 is 8.91. The summed E-state index contributed by atoms with van der Waals surface area (Å²) in [5.41, 5.74) is 0. The van der Waals surface area contributed by atoms with E-state index in [1.54, 1.807) is 6.92 Å². The molecule has 0 fully saturated rings. The fraction of sp³-hybridized carbons (Fsp3) is 0.750. The van der Waals surface area contributed by atoms with E-state index in [-0.39, 0.29) is 24.3 Å². The van der Waals surface area contributed by atoms with Crippen LogP contribution in [0.5, 0.6) is 0 Å². The molecule has 0 saturated heterocycles. The van der Waals surface area contributed by atoms with Crippen molar-refractivity contribution in [2.45, 2.75) is 19.8 Å². The van der Waals surface area contributed by atoms with Crippen molar-refractivity contribution in [2.24, 2.45) is 5.92 Å². The molecule has 1 atom stereocenters. The Morgan fingerprint density at radius 1 is 1.25 bits per heavy atom. The zero-order valence-electron chi connectivity index (χ0n) is 7.62. The van der Waals surface area contributed by atoms with Gasteiger partial charge in [0.15, 0.2) is 0 Å². The lowest BCUT2D eigenvalue weighted by molar-refractivity contribution is -0.146. The topological polar surface area (TPSA) is 52.6 Å². The van der Waals surface area contributed by atoms with Gasteiger partial charge in [-0.2, -0.15) is 0 Å². The molecule has 0 aliphatic rings. The standard InChI is InChI=1S/C8H14O4/c1-6(8(10)12-3)4-5-7(9)11-2/h6H,4-5H2,1-3H3/t6-/m0/s1. The smallest absolute Gasteiger partial charge is 0.308 e. The van der Waals surface area contributed by atoms with Gasteiger partial charge in [-0.3, -0.25) is 9.59 Å². The van der Waals surface area contributed by atoms with Gasteiger partial charge in [0, 0.05) is 6.42 Å². The van der Waals surface area contributed by atoms with Gasteiger partial charge in [-0.05, 0) is 6.42 Å². The van der Waals surface area contributed by atoms with Crippen LogP contribution < -0.4 is 0 Å². The number of carbonyl (C=O) groups excluding carboxylic acids is 2. The maximum atomic E-state index is 10.8. The van der Waals surface area contributed by atoms with Crippen molar-refractivity contribution < 1.29 is 19.1 Å². The van der Waals surface area contributed by atoms with Crippen molar-refractivity contribution >= 4 is 11.9 Å². The number of esters is 2. The molecule has 0 N–H and O–H groups in total. The van der Waals surface area contributed by atoms with E-state index in [4.69, 9.17) is 0 Å². The zero-order chi connectivity index (χ0) is 9.56. The molecule has 0 aromatic heterocycles. The molecule has 70 valence electrons. The highest BCUT2D eigenvalue weighted by Gasteiger charge is 2.14. The van der Waals surface area contributed by atoms with Crippen molar-refractivity contribution in [1.29, 1.82) is 0 Å². The van der Waals surface area contributed by atoms with Crippen LogP contribution in [-0.2, 0) is 19.1 Å². The highest BCUT2D eigenvalue weighted by molar-refractivity contribution is 5.74. The van der Waals surface area contributed by atoms with E-state index >= 15 is 0 Å². The highest BCUT2D eigenvalue weighted by Crippen LogP contribution is 2.07. The number of methoxy groups -OCH3 is 2. The molecule has 0 spiro atoms. The molecule has 0 heterocycles. The summed E-state index contributed by atoms with van der Waals surface area (Å²) in [6.07, 6.45) is 0.728. The summed E-state index contributed by atoms with van der Waals surface area (Å²) in [5, 5.41) is 0. The molecule has 0 radical (unpaired) electrons. The van der Waals surface area contributed by atoms with Crippen LogP contribution in [0.15, 0.2) is 0 Å². The summed E-state index contributed by atoms with van der Waals surface area (Å²) in [4.78, 5) is 21.5. The predicted octanol–water partition coefficient (Wildman–Crippen LogP) is 0.749. The van der Waals surface area contributed by atoms with Gasteiger partial charge in [0.25, 0.3) is 0 Å². The second-order valence-corrected chi connectivity index (χ2v) is 2.54. The zero-order valence-corrected chi connectivity index (χ0v) is 7.62. The lowest BCUT2D eigenvalue weighted by Crippen LogP contribution is -2.14. The average molecular weight is 174 g/mol. The first-order valence-corrected chi connectivity index (χ1v) is 3.76. The Hall–Kier alpha value is -1.06. The van der Waals surface area contributed by atoms with Crippen LogP contribution in [-0.4, -0.2) is 26.2 Å². The average Bonchev–Trinajstić information content (AvgIpc) is 2.11. The minimum atomic E-state index is -0.300. The van der Waals surface area contributed by atoms with Gasteiger partial charge in [-0.25, -0.2) is 0 Å². The van der Waals surface area contributed by atoms with E-state index in [1.807, 2.05) is 0 Å². The van der Waals surface area contributed by atoms with Crippen molar-refractivity contribution in [2.75, 3.05) is 14.2 Å². The lowest BCUT2D eigenvalue weighted by atomic mass is 10.1. The third-order valence-electron chi connectivity index (χ3n) is 1.61. The van der Waals surface area contributed by atoms with Crippen LogP contribution in [0.25, 0.3) is 0 Å². The molecule has 0 amide bonds. The first-order valence-electron chi connectivity index (χ1n) is 3.76. The fourth-order valence-corrected chi connectivity index (χ4v) is 0.755. The molecule has 12 heavy (non-hydrogen) atoms. The number of carbonyl (C=O) groups is 2. The van der Waals surface area contributed by atoms with Gasteiger partial charge in [0.05, 0.1) is 20.1 Å². The maximum Gasteiger partial charge on any atom is 0.308 e. The van der Waals surface area contributed by atoms with Crippen LogP contribution in [0.1, 0.15) is 19.8 Å². The van der Waals surface area contributed by atoms with Gasteiger partial charge < -0.3 is 9.47 Å². The molecule has 4 nitrogen and oxygen atoms in total. The van der Waals surface area contributed by atoms with Crippen LogP contribution in [0, 0.1) is 5.92 Å². The van der Waals surface area contributed by atoms with Gasteiger partial charge in [0.2, 0.25) is 0 Å². The van der Waals surface area contributed by atoms with Crippen LogP contribution in [0.2, 0.25) is 0 Å². The highest BCUT2D eigenvalue weighted by atomic mass is 16.5. The largest absolute Gasteiger partial charge is 0.469 e. The van der Waals surface area contributed by atoms with E-state index in [0.29, 0.717) is 6.42 Å². The third-order valence-corrected chi connectivity index (χ3v) is 1.61. The number of hydrogen-bond acceptors (Lipinski definition) is 4. The molecule has 0 unspecified atom stereocenters. The number of ether oxygens (including phenoxy) is 2. The first-order chi connectivity index (χ1) is 5.61. The Labute approximate surface area is 71.8 Å². The summed E-state index contributed by atoms with van der Waals surface area (Å²) in [7, 11) is 2.65. The molecule has 0 saturated carbocycles. The quantitative estimate of drug-likeness (QED) is 0.590. The predicted molar refractivity (Wildman–Crippen MR) is 42.4 cm³/mol. The Balaban J connectivity index is 3.63. The molecular weight excluding hydrogens is 160 g/mol. The minimum Gasteiger partial charge on any atom is -0.469 e. The molecule has 0 aromatic rings. The van der Waals surface area contributed by atoms with Gasteiger partial charge in [0.1, 0.15) is 0 Å². The molecule has 0 aliphatic carbocycles. The second-order valence-electron chi connectivity index (χ2n) is 2.54. The monoisotopic (exact) mass is 174 g/mol. The van der Waals surface area contributed by atoms with E-state index in [1.165, 1.54) is 14.2 Å². The van der Waals surface area contributed by atoms with Crippen LogP contribution in [0.4, 0.5) is 0 Å². The molecule has 4 heteroatoms. The normalized spacial score (nSPS) is 11.9. The van der Waals surface area contributed by atoms with Crippen LogP contribution in [0.3, 0.4) is 0 Å². The fourth-order valence-electron chi connectivity index (χ4n) is 0.755. The van der Waals surface area contributed by atoms with Gasteiger partial charge in [-0.1, -0.05) is 6.92 Å². The molecule has 0 rings (SSSR count). The SMILES string of the molecule is COC(=O)CC[C@H](C)C(=O)OC. The van der Waals surface area contributed by atoms with E-state index in [2.05, 4.69) is 9.47 Å². The Morgan fingerprint density at radius 2 is 1.83 bits per heavy atom. The summed E-state index contributed by atoms with van der Waals surface area (Å²) >= 11 is 0. The second kappa shape index (κ2) is 5.57. The Kier molecular flexibility index (Phi) is 5.08. The number of hydrogen-bond donors (Lipinski definition) is 0. The molecule has 0 bridgehead atoms. The van der Waals surface area contributed by atoms with E-state index < -0.39 is 0 Å². The van der Waals surface area contributed by atoms with E-state index in [9.17, 15) is 9.59 Å². The summed E-state index contributed by atoms with van der Waals surface area (Å²) in [6.45, 7) is 1.72. The summed E-state index contributed by atoms with van der Waals surface area (Å²) in [6, 6.07) is 0. The molecule has 0 aliphatic heterocycles. The molecular formula is C8H14O4. The Morgan fingerprint density at radius 3 is 2.25 bits per heavy atom. The maximum absolute atomic E-state index is 10.8. The third kappa shape index (κ3) is 3.95. The molecule has 0 aromatic carbocycles. The van der Waals surface area contributed by atoms with Crippen molar-refractivity contribution in [3.8, 4) is 0 Å². The van der Waals surface area contributed by atoms with Gasteiger partial charge >= 0.3 is 11.9 Å². The lowest BCUT2D eigenvalue weighted by Gasteiger charge is -2.06. The Bertz CT molecular complexity index is 164.